The highest BCUT2D eigenvalue weighted by Gasteiger charge is 2.06. The van der Waals surface area contributed by atoms with Crippen molar-refractivity contribution in [3.63, 3.8) is 0 Å². The quantitative estimate of drug-likeness (QED) is 0.522. The maximum Gasteiger partial charge on any atom is 0.311 e. The van der Waals surface area contributed by atoms with Crippen LogP contribution in [0.5, 0.6) is 0 Å². The lowest BCUT2D eigenvalue weighted by atomic mass is 10.2. The van der Waals surface area contributed by atoms with Gasteiger partial charge in [-0.2, -0.15) is 5.10 Å². The first-order valence-corrected chi connectivity index (χ1v) is 6.61. The third-order valence-corrected chi connectivity index (χ3v) is 3.14. The molecule has 0 fully saturated rings. The van der Waals surface area contributed by atoms with Crippen LogP contribution >= 0.6 is 11.3 Å². The lowest BCUT2D eigenvalue weighted by Crippen LogP contribution is -2.04. The van der Waals surface area contributed by atoms with Crippen molar-refractivity contribution < 1.29 is 13.9 Å². The highest BCUT2D eigenvalue weighted by atomic mass is 32.1. The third kappa shape index (κ3) is 4.13. The van der Waals surface area contributed by atoms with Crippen molar-refractivity contribution in [2.75, 3.05) is 12.5 Å². The van der Waals surface area contributed by atoms with Gasteiger partial charge in [0.25, 0.3) is 0 Å². The van der Waals surface area contributed by atoms with Gasteiger partial charge in [-0.1, -0.05) is 12.1 Å². The average molecular weight is 293 g/mol. The van der Waals surface area contributed by atoms with Gasteiger partial charge < -0.3 is 4.74 Å². The van der Waals surface area contributed by atoms with E-state index in [4.69, 9.17) is 0 Å². The highest BCUT2D eigenvalue weighted by molar-refractivity contribution is 7.13. The molecule has 1 aromatic carbocycles. The molecule has 0 bridgehead atoms. The number of rotatable bonds is 5. The standard InChI is InChI=1S/C13H12FN3O2S/c1-19-12(18)6-11-8-20-13(16-11)17-15-7-9-2-4-10(14)5-3-9/h2-5,7-8H,6H2,1H3,(H,16,17)/b15-7-. The molecular formula is C13H12FN3O2S. The Balaban J connectivity index is 1.90. The van der Waals surface area contributed by atoms with Crippen molar-refractivity contribution in [2.24, 2.45) is 5.10 Å². The van der Waals surface area contributed by atoms with Crippen LogP contribution < -0.4 is 5.43 Å². The summed E-state index contributed by atoms with van der Waals surface area (Å²) in [5.74, 6) is -0.626. The molecule has 0 radical (unpaired) electrons. The number of hydrogen-bond donors (Lipinski definition) is 1. The Labute approximate surface area is 119 Å². The second-order valence-electron chi connectivity index (χ2n) is 3.82. The molecule has 1 N–H and O–H groups in total. The van der Waals surface area contributed by atoms with E-state index < -0.39 is 0 Å². The molecule has 2 rings (SSSR count). The lowest BCUT2D eigenvalue weighted by molar-refractivity contribution is -0.139. The summed E-state index contributed by atoms with van der Waals surface area (Å²) in [4.78, 5) is 15.3. The van der Waals surface area contributed by atoms with Crippen LogP contribution in [-0.2, 0) is 16.0 Å². The third-order valence-electron chi connectivity index (χ3n) is 2.35. The van der Waals surface area contributed by atoms with Crippen molar-refractivity contribution >= 4 is 28.7 Å². The first-order valence-electron chi connectivity index (χ1n) is 5.73. The number of hydrazone groups is 1. The van der Waals surface area contributed by atoms with Crippen LogP contribution in [0.3, 0.4) is 0 Å². The molecule has 0 unspecified atom stereocenters. The van der Waals surface area contributed by atoms with Gasteiger partial charge in [0.15, 0.2) is 0 Å². The fourth-order valence-corrected chi connectivity index (χ4v) is 2.03. The molecule has 0 aliphatic rings. The number of carbonyl (C=O) groups excluding carboxylic acids is 1. The average Bonchev–Trinajstić information content (AvgIpc) is 2.88. The number of nitrogens with one attached hydrogen (secondary N) is 1. The Morgan fingerprint density at radius 2 is 2.25 bits per heavy atom. The second-order valence-corrected chi connectivity index (χ2v) is 4.68. The van der Waals surface area contributed by atoms with E-state index in [2.05, 4.69) is 20.2 Å². The zero-order chi connectivity index (χ0) is 14.4. The SMILES string of the molecule is COC(=O)Cc1csc(N/N=C\c2ccc(F)cc2)n1. The number of methoxy groups -OCH3 is 1. The molecular weight excluding hydrogens is 281 g/mol. The Morgan fingerprint density at radius 3 is 2.95 bits per heavy atom. The van der Waals surface area contributed by atoms with E-state index in [1.807, 2.05) is 0 Å². The van der Waals surface area contributed by atoms with Gasteiger partial charge in [0.1, 0.15) is 5.82 Å². The molecule has 0 saturated carbocycles. The van der Waals surface area contributed by atoms with Gasteiger partial charge in [-0.05, 0) is 17.7 Å². The van der Waals surface area contributed by atoms with Crippen molar-refractivity contribution in [1.82, 2.24) is 4.98 Å². The topological polar surface area (TPSA) is 63.6 Å². The summed E-state index contributed by atoms with van der Waals surface area (Å²) in [7, 11) is 1.33. The number of halogens is 1. The van der Waals surface area contributed by atoms with E-state index in [-0.39, 0.29) is 18.2 Å². The predicted octanol–water partition coefficient (Wildman–Crippen LogP) is 2.44. The van der Waals surface area contributed by atoms with Crippen molar-refractivity contribution in [2.45, 2.75) is 6.42 Å². The van der Waals surface area contributed by atoms with Crippen LogP contribution in [0.4, 0.5) is 9.52 Å². The minimum absolute atomic E-state index is 0.135. The van der Waals surface area contributed by atoms with Crippen LogP contribution in [0.1, 0.15) is 11.3 Å². The van der Waals surface area contributed by atoms with Gasteiger partial charge in [0.05, 0.1) is 25.4 Å². The summed E-state index contributed by atoms with van der Waals surface area (Å²) in [6, 6.07) is 5.95. The number of nitrogens with zero attached hydrogens (tertiary/aromatic N) is 2. The molecule has 7 heteroatoms. The molecule has 1 aromatic heterocycles. The molecule has 0 aliphatic carbocycles. The first-order chi connectivity index (χ1) is 9.67. The van der Waals surface area contributed by atoms with E-state index in [0.29, 0.717) is 10.8 Å². The van der Waals surface area contributed by atoms with Crippen LogP contribution in [0.15, 0.2) is 34.7 Å². The van der Waals surface area contributed by atoms with E-state index in [1.165, 1.54) is 30.6 Å². The number of hydrogen-bond acceptors (Lipinski definition) is 6. The van der Waals surface area contributed by atoms with Gasteiger partial charge in [-0.25, -0.2) is 9.37 Å². The predicted molar refractivity (Wildman–Crippen MR) is 75.5 cm³/mol. The number of esters is 1. The minimum Gasteiger partial charge on any atom is -0.469 e. The largest absolute Gasteiger partial charge is 0.469 e. The summed E-state index contributed by atoms with van der Waals surface area (Å²) in [6.45, 7) is 0. The van der Waals surface area contributed by atoms with Gasteiger partial charge in [-0.15, -0.1) is 11.3 Å². The minimum atomic E-state index is -0.336. The molecule has 20 heavy (non-hydrogen) atoms. The van der Waals surface area contributed by atoms with Crippen LogP contribution in [-0.4, -0.2) is 24.3 Å². The van der Waals surface area contributed by atoms with Crippen LogP contribution in [0.25, 0.3) is 0 Å². The van der Waals surface area contributed by atoms with Gasteiger partial charge in [-0.3, -0.25) is 10.2 Å². The molecule has 0 saturated heterocycles. The fourth-order valence-electron chi connectivity index (χ4n) is 1.37. The van der Waals surface area contributed by atoms with Gasteiger partial charge >= 0.3 is 5.97 Å². The zero-order valence-electron chi connectivity index (χ0n) is 10.7. The van der Waals surface area contributed by atoms with E-state index in [0.717, 1.165) is 5.56 Å². The van der Waals surface area contributed by atoms with Crippen molar-refractivity contribution in [1.29, 1.82) is 0 Å². The number of carbonyl (C=O) groups is 1. The van der Waals surface area contributed by atoms with Crippen molar-refractivity contribution in [3.8, 4) is 0 Å². The van der Waals surface area contributed by atoms with Crippen LogP contribution in [0.2, 0.25) is 0 Å². The smallest absolute Gasteiger partial charge is 0.311 e. The van der Waals surface area contributed by atoms with Gasteiger partial charge in [0.2, 0.25) is 5.13 Å². The lowest BCUT2D eigenvalue weighted by Gasteiger charge is -1.95. The molecule has 0 amide bonds. The number of ether oxygens (including phenoxy) is 1. The number of thiazole rings is 1. The Bertz CT molecular complexity index is 610. The monoisotopic (exact) mass is 293 g/mol. The van der Waals surface area contributed by atoms with E-state index in [9.17, 15) is 9.18 Å². The summed E-state index contributed by atoms with van der Waals surface area (Å²) in [5.41, 5.74) is 4.15. The van der Waals surface area contributed by atoms with E-state index >= 15 is 0 Å². The summed E-state index contributed by atoms with van der Waals surface area (Å²) in [5, 5.41) is 6.32. The second kappa shape index (κ2) is 6.76. The first kappa shape index (κ1) is 14.1. The molecule has 2 aromatic rings. The molecule has 1 heterocycles. The summed E-state index contributed by atoms with van der Waals surface area (Å²) < 4.78 is 17.3. The summed E-state index contributed by atoms with van der Waals surface area (Å²) in [6.07, 6.45) is 1.69. The van der Waals surface area contributed by atoms with Gasteiger partial charge in [0, 0.05) is 5.38 Å². The zero-order valence-corrected chi connectivity index (χ0v) is 11.5. The number of benzene rings is 1. The molecule has 104 valence electrons. The Morgan fingerprint density at radius 1 is 1.50 bits per heavy atom. The van der Waals surface area contributed by atoms with E-state index in [1.54, 1.807) is 23.7 Å². The molecule has 0 aliphatic heterocycles. The maximum atomic E-state index is 12.7. The number of aromatic nitrogens is 1. The highest BCUT2D eigenvalue weighted by Crippen LogP contribution is 2.15. The normalized spacial score (nSPS) is 10.7. The maximum absolute atomic E-state index is 12.7. The molecule has 0 atom stereocenters. The van der Waals surface area contributed by atoms with Crippen molar-refractivity contribution in [3.05, 3.63) is 46.7 Å². The Hall–Kier alpha value is -2.28. The fraction of sp³-hybridized carbons (Fsp3) is 0.154. The summed E-state index contributed by atoms with van der Waals surface area (Å²) >= 11 is 1.34. The molecule has 5 nitrogen and oxygen atoms in total. The number of anilines is 1. The Kier molecular flexibility index (Phi) is 4.78. The van der Waals surface area contributed by atoms with Crippen LogP contribution in [0, 0.1) is 5.82 Å². The molecule has 0 spiro atoms.